The molecule has 0 fully saturated rings. The quantitative estimate of drug-likeness (QED) is 0.395. The number of hydrogen-bond donors (Lipinski definition) is 0. The van der Waals surface area contributed by atoms with Crippen LogP contribution in [0.3, 0.4) is 0 Å². The minimum atomic E-state index is -0.610. The van der Waals surface area contributed by atoms with Crippen LogP contribution >= 0.6 is 0 Å². The first kappa shape index (κ1) is 16.3. The summed E-state index contributed by atoms with van der Waals surface area (Å²) in [5, 5.41) is 0.733. The number of hydrogen-bond acceptors (Lipinski definition) is 4. The van der Waals surface area contributed by atoms with Crippen LogP contribution in [0.25, 0.3) is 11.0 Å². The molecule has 0 radical (unpaired) electrons. The number of carbonyl (C=O) groups is 1. The van der Waals surface area contributed by atoms with Crippen molar-refractivity contribution in [3.63, 3.8) is 0 Å². The summed E-state index contributed by atoms with van der Waals surface area (Å²) in [6.07, 6.45) is 1.56. The van der Waals surface area contributed by atoms with Crippen molar-refractivity contribution in [3.8, 4) is 0 Å². The minimum absolute atomic E-state index is 0.0522. The normalized spacial score (nSPS) is 16.9. The summed E-state index contributed by atoms with van der Waals surface area (Å²) in [5.41, 5.74) is 2.69. The lowest BCUT2D eigenvalue weighted by Crippen LogP contribution is -2.25. The molecule has 4 heteroatoms. The summed E-state index contributed by atoms with van der Waals surface area (Å²) in [4.78, 5) is 27.2. The second-order valence-corrected chi connectivity index (χ2v) is 7.08. The van der Waals surface area contributed by atoms with Crippen molar-refractivity contribution in [2.45, 2.75) is 19.3 Å². The Morgan fingerprint density at radius 1 is 1.08 bits per heavy atom. The van der Waals surface area contributed by atoms with E-state index in [4.69, 9.17) is 4.42 Å². The highest BCUT2D eigenvalue weighted by Crippen LogP contribution is 2.46. The second-order valence-electron chi connectivity index (χ2n) is 7.08. The standard InChI is InChI=1S/C22H19NO3/c1-22(2)16-9-5-6-10-17(16)23(3)20(22)13-18(24)15-12-14-8-4-7-11-19(14)26-21(15)25/h4-13H,1-3H3/b20-13-. The van der Waals surface area contributed by atoms with Crippen LogP contribution in [0.4, 0.5) is 5.69 Å². The number of nitrogens with zero attached hydrogens (tertiary/aromatic N) is 1. The van der Waals surface area contributed by atoms with E-state index < -0.39 is 5.63 Å². The molecule has 0 bridgehead atoms. The fourth-order valence-corrected chi connectivity index (χ4v) is 3.69. The third-order valence-corrected chi connectivity index (χ3v) is 5.12. The number of allylic oxidation sites excluding steroid dienone is 2. The molecule has 4 nitrogen and oxygen atoms in total. The van der Waals surface area contributed by atoms with Crippen molar-refractivity contribution < 1.29 is 9.21 Å². The van der Waals surface area contributed by atoms with E-state index in [0.29, 0.717) is 5.58 Å². The van der Waals surface area contributed by atoms with Gasteiger partial charge in [-0.25, -0.2) is 4.79 Å². The number of carbonyl (C=O) groups excluding carboxylic acids is 1. The number of fused-ring (bicyclic) bond motifs is 2. The molecule has 2 aromatic carbocycles. The van der Waals surface area contributed by atoms with Crippen molar-refractivity contribution in [1.29, 1.82) is 0 Å². The predicted molar refractivity (Wildman–Crippen MR) is 103 cm³/mol. The first-order valence-corrected chi connectivity index (χ1v) is 8.52. The van der Waals surface area contributed by atoms with Crippen LogP contribution in [-0.2, 0) is 5.41 Å². The summed E-state index contributed by atoms with van der Waals surface area (Å²) < 4.78 is 5.30. The Kier molecular flexibility index (Phi) is 3.58. The van der Waals surface area contributed by atoms with Crippen molar-refractivity contribution >= 4 is 22.4 Å². The molecule has 4 rings (SSSR count). The van der Waals surface area contributed by atoms with Gasteiger partial charge in [-0.3, -0.25) is 4.79 Å². The second kappa shape index (κ2) is 5.70. The van der Waals surface area contributed by atoms with Gasteiger partial charge in [0.1, 0.15) is 11.1 Å². The maximum absolute atomic E-state index is 12.9. The molecule has 0 unspecified atom stereocenters. The van der Waals surface area contributed by atoms with E-state index in [-0.39, 0.29) is 16.8 Å². The molecule has 3 aromatic rings. The SMILES string of the molecule is CN1/C(=C\C(=O)c2cc3ccccc3oc2=O)C(C)(C)c2ccccc21. The van der Waals surface area contributed by atoms with Gasteiger partial charge in [-0.05, 0) is 23.8 Å². The molecule has 2 heterocycles. The summed E-state index contributed by atoms with van der Waals surface area (Å²) in [5.74, 6) is -0.341. The minimum Gasteiger partial charge on any atom is -0.422 e. The van der Waals surface area contributed by atoms with E-state index in [2.05, 4.69) is 19.9 Å². The average Bonchev–Trinajstić information content (AvgIpc) is 2.82. The average molecular weight is 345 g/mol. The number of rotatable bonds is 2. The zero-order valence-corrected chi connectivity index (χ0v) is 14.9. The zero-order chi connectivity index (χ0) is 18.5. The Bertz CT molecular complexity index is 1120. The van der Waals surface area contributed by atoms with Gasteiger partial charge in [0, 0.05) is 35.3 Å². The molecule has 1 aromatic heterocycles. The van der Waals surface area contributed by atoms with Gasteiger partial charge >= 0.3 is 5.63 Å². The summed E-state index contributed by atoms with van der Waals surface area (Å²) in [6, 6.07) is 16.9. The molecule has 0 spiro atoms. The fourth-order valence-electron chi connectivity index (χ4n) is 3.69. The summed E-state index contributed by atoms with van der Waals surface area (Å²) in [7, 11) is 1.94. The monoisotopic (exact) mass is 345 g/mol. The van der Waals surface area contributed by atoms with Gasteiger partial charge in [0.05, 0.1) is 0 Å². The molecule has 26 heavy (non-hydrogen) atoms. The van der Waals surface area contributed by atoms with Gasteiger partial charge in [-0.2, -0.15) is 0 Å². The Balaban J connectivity index is 1.81. The fraction of sp³-hybridized carbons (Fsp3) is 0.182. The Hall–Kier alpha value is -3.14. The predicted octanol–water partition coefficient (Wildman–Crippen LogP) is 4.29. The zero-order valence-electron chi connectivity index (χ0n) is 14.9. The molecule has 1 aliphatic heterocycles. The topological polar surface area (TPSA) is 50.5 Å². The molecule has 0 saturated carbocycles. The van der Waals surface area contributed by atoms with Gasteiger partial charge in [-0.1, -0.05) is 50.2 Å². The van der Waals surface area contributed by atoms with Gasteiger partial charge in [0.25, 0.3) is 0 Å². The number of likely N-dealkylation sites (N-methyl/N-ethyl adjacent to an activating group) is 1. The Morgan fingerprint density at radius 2 is 1.77 bits per heavy atom. The number of benzene rings is 2. The van der Waals surface area contributed by atoms with E-state index >= 15 is 0 Å². The van der Waals surface area contributed by atoms with Crippen LogP contribution < -0.4 is 10.5 Å². The lowest BCUT2D eigenvalue weighted by Gasteiger charge is -2.23. The van der Waals surface area contributed by atoms with Crippen molar-refractivity contribution in [3.05, 3.63) is 87.9 Å². The molecule has 130 valence electrons. The smallest absolute Gasteiger partial charge is 0.347 e. The van der Waals surface area contributed by atoms with Crippen molar-refractivity contribution in [2.75, 3.05) is 11.9 Å². The molecule has 0 aliphatic carbocycles. The van der Waals surface area contributed by atoms with Crippen LogP contribution in [0.2, 0.25) is 0 Å². The molecule has 1 aliphatic rings. The lowest BCUT2D eigenvalue weighted by molar-refractivity contribution is 0.104. The van der Waals surface area contributed by atoms with Gasteiger partial charge in [-0.15, -0.1) is 0 Å². The third-order valence-electron chi connectivity index (χ3n) is 5.12. The molecule has 0 saturated heterocycles. The molecule has 0 N–H and O–H groups in total. The van der Waals surface area contributed by atoms with Gasteiger partial charge in [0.15, 0.2) is 5.78 Å². The van der Waals surface area contributed by atoms with Crippen LogP contribution in [0.5, 0.6) is 0 Å². The molecule has 0 atom stereocenters. The van der Waals surface area contributed by atoms with Crippen LogP contribution in [0.1, 0.15) is 29.8 Å². The maximum Gasteiger partial charge on any atom is 0.347 e. The van der Waals surface area contributed by atoms with Crippen LogP contribution in [0.15, 0.2) is 75.6 Å². The van der Waals surface area contributed by atoms with E-state index in [1.165, 1.54) is 0 Å². The maximum atomic E-state index is 12.9. The Labute approximate surface area is 151 Å². The third kappa shape index (κ3) is 2.37. The lowest BCUT2D eigenvalue weighted by atomic mass is 9.83. The van der Waals surface area contributed by atoms with Gasteiger partial charge < -0.3 is 9.32 Å². The van der Waals surface area contributed by atoms with Crippen molar-refractivity contribution in [2.24, 2.45) is 0 Å². The van der Waals surface area contributed by atoms with Crippen LogP contribution in [-0.4, -0.2) is 12.8 Å². The summed E-state index contributed by atoms with van der Waals surface area (Å²) in [6.45, 7) is 4.16. The number of anilines is 1. The first-order valence-electron chi connectivity index (χ1n) is 8.52. The number of ketones is 1. The highest BCUT2D eigenvalue weighted by atomic mass is 16.4. The van der Waals surface area contributed by atoms with Crippen LogP contribution in [0, 0.1) is 0 Å². The molecular weight excluding hydrogens is 326 g/mol. The van der Waals surface area contributed by atoms with Crippen molar-refractivity contribution in [1.82, 2.24) is 0 Å². The van der Waals surface area contributed by atoms with E-state index in [1.807, 2.05) is 42.3 Å². The largest absolute Gasteiger partial charge is 0.422 e. The molecular formula is C22H19NO3. The highest BCUT2D eigenvalue weighted by Gasteiger charge is 2.38. The van der Waals surface area contributed by atoms with E-state index in [9.17, 15) is 9.59 Å². The van der Waals surface area contributed by atoms with E-state index in [0.717, 1.165) is 22.3 Å². The van der Waals surface area contributed by atoms with Gasteiger partial charge in [0.2, 0.25) is 0 Å². The highest BCUT2D eigenvalue weighted by molar-refractivity contribution is 6.06. The first-order chi connectivity index (χ1) is 12.4. The Morgan fingerprint density at radius 3 is 2.54 bits per heavy atom. The number of para-hydroxylation sites is 2. The summed E-state index contributed by atoms with van der Waals surface area (Å²) >= 11 is 0. The molecule has 0 amide bonds. The van der Waals surface area contributed by atoms with E-state index in [1.54, 1.807) is 24.3 Å².